The van der Waals surface area contributed by atoms with Crippen LogP contribution in [0.4, 0.5) is 0 Å². The van der Waals surface area contributed by atoms with E-state index in [9.17, 15) is 0 Å². The van der Waals surface area contributed by atoms with Crippen molar-refractivity contribution in [3.63, 3.8) is 0 Å². The average Bonchev–Trinajstić information content (AvgIpc) is 2.04. The van der Waals surface area contributed by atoms with Crippen molar-refractivity contribution in [2.75, 3.05) is 0 Å². The van der Waals surface area contributed by atoms with E-state index in [4.69, 9.17) is 0 Å². The molecule has 1 saturated carbocycles. The number of hydrogen-bond acceptors (Lipinski definition) is 0. The molecule has 1 aliphatic carbocycles. The molecule has 0 bridgehead atoms. The summed E-state index contributed by atoms with van der Waals surface area (Å²) in [5.74, 6) is 3.84. The maximum absolute atomic E-state index is 2.40. The molecule has 0 aromatic heterocycles. The number of rotatable bonds is 0. The topological polar surface area (TPSA) is 0 Å². The summed E-state index contributed by atoms with van der Waals surface area (Å²) in [5, 5.41) is 0. The van der Waals surface area contributed by atoms with E-state index in [1.54, 1.807) is 0 Å². The van der Waals surface area contributed by atoms with Gasteiger partial charge in [0.2, 0.25) is 0 Å². The Labute approximate surface area is 78.8 Å². The molecular weight excluding hydrogens is 144 g/mol. The van der Waals surface area contributed by atoms with Crippen molar-refractivity contribution in [3.8, 4) is 0 Å². The Morgan fingerprint density at radius 1 is 0.750 bits per heavy atom. The molecule has 1 fully saturated rings. The lowest BCUT2D eigenvalue weighted by atomic mass is 9.71. The molecule has 74 valence electrons. The van der Waals surface area contributed by atoms with Crippen LogP contribution < -0.4 is 0 Å². The molecule has 12 heavy (non-hydrogen) atoms. The Balaban J connectivity index is 0.000000561. The molecule has 1 rings (SSSR count). The molecule has 0 heterocycles. The molecule has 0 N–H and O–H groups in total. The van der Waals surface area contributed by atoms with Crippen LogP contribution in [0.25, 0.3) is 0 Å². The van der Waals surface area contributed by atoms with Crippen LogP contribution >= 0.6 is 0 Å². The molecule has 0 aliphatic heterocycles. The van der Waals surface area contributed by atoms with Crippen LogP contribution in [0.15, 0.2) is 0 Å². The van der Waals surface area contributed by atoms with E-state index < -0.39 is 0 Å². The highest BCUT2D eigenvalue weighted by Gasteiger charge is 2.27. The van der Waals surface area contributed by atoms with Crippen molar-refractivity contribution < 1.29 is 0 Å². The molecule has 0 radical (unpaired) electrons. The lowest BCUT2D eigenvalue weighted by molar-refractivity contribution is 0.151. The fraction of sp³-hybridized carbons (Fsp3) is 1.00. The summed E-state index contributed by atoms with van der Waals surface area (Å²) in [6.45, 7) is 13.6. The molecule has 0 aromatic carbocycles. The Bertz CT molecular complexity index is 94.6. The standard InChI is InChI=1S/C10H20.C2H6/c1-7-5-8(2)10(4)9(3)6-7;1-2/h7-10H,5-6H2,1-4H3;1-2H3. The monoisotopic (exact) mass is 170 g/mol. The minimum Gasteiger partial charge on any atom is -0.0683 e. The highest BCUT2D eigenvalue weighted by Crippen LogP contribution is 2.36. The Kier molecular flexibility index (Phi) is 5.61. The fourth-order valence-corrected chi connectivity index (χ4v) is 2.36. The smallest absolute Gasteiger partial charge is 0.0391 e. The van der Waals surface area contributed by atoms with E-state index in [0.29, 0.717) is 0 Å². The van der Waals surface area contributed by atoms with Gasteiger partial charge in [0.1, 0.15) is 0 Å². The van der Waals surface area contributed by atoms with E-state index in [1.807, 2.05) is 13.8 Å². The van der Waals surface area contributed by atoms with E-state index in [2.05, 4.69) is 27.7 Å². The summed E-state index contributed by atoms with van der Waals surface area (Å²) in [4.78, 5) is 0. The summed E-state index contributed by atoms with van der Waals surface area (Å²) < 4.78 is 0. The zero-order valence-electron chi connectivity index (χ0n) is 9.72. The van der Waals surface area contributed by atoms with Gasteiger partial charge in [-0.3, -0.25) is 0 Å². The second-order valence-electron chi connectivity index (χ2n) is 4.39. The van der Waals surface area contributed by atoms with Crippen molar-refractivity contribution in [1.29, 1.82) is 0 Å². The van der Waals surface area contributed by atoms with Crippen LogP contribution in [0.2, 0.25) is 0 Å². The maximum atomic E-state index is 2.40. The first-order valence-electron chi connectivity index (χ1n) is 5.61. The van der Waals surface area contributed by atoms with Gasteiger partial charge in [-0.25, -0.2) is 0 Å². The van der Waals surface area contributed by atoms with Gasteiger partial charge in [-0.1, -0.05) is 41.5 Å². The van der Waals surface area contributed by atoms with Gasteiger partial charge in [-0.15, -0.1) is 0 Å². The van der Waals surface area contributed by atoms with Gasteiger partial charge in [-0.05, 0) is 36.5 Å². The fourth-order valence-electron chi connectivity index (χ4n) is 2.36. The summed E-state index contributed by atoms with van der Waals surface area (Å²) in [6, 6.07) is 0. The predicted octanol–water partition coefficient (Wildman–Crippen LogP) is 4.35. The van der Waals surface area contributed by atoms with Crippen LogP contribution in [0.1, 0.15) is 54.4 Å². The molecule has 0 amide bonds. The van der Waals surface area contributed by atoms with Crippen LogP contribution in [0, 0.1) is 23.7 Å². The third-order valence-electron chi connectivity index (χ3n) is 3.34. The average molecular weight is 170 g/mol. The number of hydrogen-bond donors (Lipinski definition) is 0. The third kappa shape index (κ3) is 3.16. The molecule has 1 aliphatic rings. The van der Waals surface area contributed by atoms with E-state index in [0.717, 1.165) is 23.7 Å². The SMILES string of the molecule is CC.CC1CC(C)C(C)C(C)C1. The quantitative estimate of drug-likeness (QED) is 0.507. The highest BCUT2D eigenvalue weighted by molar-refractivity contribution is 4.77. The normalized spacial score (nSPS) is 41.5. The van der Waals surface area contributed by atoms with Gasteiger partial charge in [0.05, 0.1) is 0 Å². The zero-order chi connectivity index (χ0) is 9.72. The molecule has 0 saturated heterocycles. The second kappa shape index (κ2) is 5.61. The van der Waals surface area contributed by atoms with Crippen LogP contribution in [-0.4, -0.2) is 0 Å². The van der Waals surface area contributed by atoms with Crippen molar-refractivity contribution >= 4 is 0 Å². The largest absolute Gasteiger partial charge is 0.0683 e. The molecule has 0 spiro atoms. The molecule has 0 aromatic rings. The summed E-state index contributed by atoms with van der Waals surface area (Å²) in [7, 11) is 0. The minimum atomic E-state index is 0.955. The van der Waals surface area contributed by atoms with Crippen LogP contribution in [0.5, 0.6) is 0 Å². The van der Waals surface area contributed by atoms with E-state index in [1.165, 1.54) is 12.8 Å². The minimum absolute atomic E-state index is 0.955. The second-order valence-corrected chi connectivity index (χ2v) is 4.39. The molecular formula is C12H26. The first kappa shape index (κ1) is 12.0. The van der Waals surface area contributed by atoms with Crippen molar-refractivity contribution in [1.82, 2.24) is 0 Å². The Morgan fingerprint density at radius 2 is 1.08 bits per heavy atom. The van der Waals surface area contributed by atoms with Crippen LogP contribution in [-0.2, 0) is 0 Å². The van der Waals surface area contributed by atoms with Crippen molar-refractivity contribution in [3.05, 3.63) is 0 Å². The highest BCUT2D eigenvalue weighted by atomic mass is 14.3. The van der Waals surface area contributed by atoms with Gasteiger partial charge in [0.15, 0.2) is 0 Å². The Hall–Kier alpha value is 0. The zero-order valence-corrected chi connectivity index (χ0v) is 9.72. The molecule has 2 atom stereocenters. The molecule has 0 nitrogen and oxygen atoms in total. The molecule has 2 unspecified atom stereocenters. The maximum Gasteiger partial charge on any atom is -0.0391 e. The lowest BCUT2D eigenvalue weighted by Gasteiger charge is -2.35. The van der Waals surface area contributed by atoms with E-state index in [-0.39, 0.29) is 0 Å². The third-order valence-corrected chi connectivity index (χ3v) is 3.34. The van der Waals surface area contributed by atoms with E-state index >= 15 is 0 Å². The van der Waals surface area contributed by atoms with Crippen LogP contribution in [0.3, 0.4) is 0 Å². The summed E-state index contributed by atoms with van der Waals surface area (Å²) >= 11 is 0. The first-order chi connectivity index (χ1) is 5.61. The van der Waals surface area contributed by atoms with Gasteiger partial charge in [0.25, 0.3) is 0 Å². The van der Waals surface area contributed by atoms with Gasteiger partial charge in [0, 0.05) is 0 Å². The van der Waals surface area contributed by atoms with Crippen molar-refractivity contribution in [2.24, 2.45) is 23.7 Å². The van der Waals surface area contributed by atoms with Gasteiger partial charge < -0.3 is 0 Å². The molecule has 0 heteroatoms. The summed E-state index contributed by atoms with van der Waals surface area (Å²) in [5.41, 5.74) is 0. The van der Waals surface area contributed by atoms with Gasteiger partial charge >= 0.3 is 0 Å². The summed E-state index contributed by atoms with van der Waals surface area (Å²) in [6.07, 6.45) is 2.90. The van der Waals surface area contributed by atoms with Crippen molar-refractivity contribution in [2.45, 2.75) is 54.4 Å². The predicted molar refractivity (Wildman–Crippen MR) is 57.2 cm³/mol. The lowest BCUT2D eigenvalue weighted by Crippen LogP contribution is -2.26. The first-order valence-corrected chi connectivity index (χ1v) is 5.61. The van der Waals surface area contributed by atoms with Gasteiger partial charge in [-0.2, -0.15) is 0 Å². The Morgan fingerprint density at radius 3 is 1.42 bits per heavy atom.